The van der Waals surface area contributed by atoms with Crippen molar-refractivity contribution in [2.75, 3.05) is 0 Å². The molecule has 37 heavy (non-hydrogen) atoms. The molecule has 0 spiro atoms. The SMILES string of the molecule is c1ccc2c(c1)oc1ccc(C3CCC4C(C3)C3CCCC5C6CCCCC6C6CCCC4C6C53)cc12. The lowest BCUT2D eigenvalue weighted by Gasteiger charge is -2.67. The number of benzene rings is 2. The van der Waals surface area contributed by atoms with Crippen molar-refractivity contribution in [2.45, 2.75) is 89.4 Å². The lowest BCUT2D eigenvalue weighted by Crippen LogP contribution is -2.61. The van der Waals surface area contributed by atoms with Gasteiger partial charge in [-0.2, -0.15) is 0 Å². The van der Waals surface area contributed by atoms with Crippen molar-refractivity contribution < 1.29 is 4.42 Å². The van der Waals surface area contributed by atoms with Gasteiger partial charge < -0.3 is 4.42 Å². The average Bonchev–Trinajstić information content (AvgIpc) is 3.34. The maximum absolute atomic E-state index is 6.18. The van der Waals surface area contributed by atoms with Gasteiger partial charge in [-0.05, 0) is 147 Å². The molecule has 6 saturated carbocycles. The minimum atomic E-state index is 0.752. The van der Waals surface area contributed by atoms with E-state index in [1.807, 2.05) is 0 Å². The molecule has 11 unspecified atom stereocenters. The summed E-state index contributed by atoms with van der Waals surface area (Å²) in [5.41, 5.74) is 3.70. The minimum Gasteiger partial charge on any atom is -0.456 e. The van der Waals surface area contributed by atoms with Crippen LogP contribution in [-0.2, 0) is 0 Å². The zero-order valence-electron chi connectivity index (χ0n) is 22.5. The molecule has 11 atom stereocenters. The Balaban J connectivity index is 1.08. The van der Waals surface area contributed by atoms with Gasteiger partial charge in [0.1, 0.15) is 11.2 Å². The molecule has 6 aliphatic rings. The molecule has 0 aliphatic heterocycles. The second-order valence-electron chi connectivity index (χ2n) is 14.5. The van der Waals surface area contributed by atoms with Crippen LogP contribution in [0.2, 0.25) is 0 Å². The van der Waals surface area contributed by atoms with Gasteiger partial charge >= 0.3 is 0 Å². The second-order valence-corrected chi connectivity index (χ2v) is 14.5. The fourth-order valence-electron chi connectivity index (χ4n) is 12.5. The van der Waals surface area contributed by atoms with Crippen LogP contribution in [0.4, 0.5) is 0 Å². The van der Waals surface area contributed by atoms with Gasteiger partial charge in [-0.1, -0.05) is 49.9 Å². The third-order valence-corrected chi connectivity index (χ3v) is 13.5. The molecule has 3 aromatic rings. The summed E-state index contributed by atoms with van der Waals surface area (Å²) in [4.78, 5) is 0. The Morgan fingerprint density at radius 2 is 1.08 bits per heavy atom. The number of furan rings is 1. The van der Waals surface area contributed by atoms with Gasteiger partial charge in [-0.15, -0.1) is 0 Å². The summed E-state index contributed by atoms with van der Waals surface area (Å²) in [5, 5.41) is 2.63. The number of para-hydroxylation sites is 1. The summed E-state index contributed by atoms with van der Waals surface area (Å²) < 4.78 is 6.18. The van der Waals surface area contributed by atoms with E-state index in [0.717, 1.165) is 76.3 Å². The van der Waals surface area contributed by atoms with Gasteiger partial charge in [0.05, 0.1) is 0 Å². The summed E-state index contributed by atoms with van der Waals surface area (Å²) in [6.07, 6.45) is 20.1. The Labute approximate surface area is 222 Å². The van der Waals surface area contributed by atoms with Gasteiger partial charge in [-0.25, -0.2) is 0 Å². The molecule has 0 N–H and O–H groups in total. The number of hydrogen-bond acceptors (Lipinski definition) is 1. The Morgan fingerprint density at radius 3 is 1.81 bits per heavy atom. The first kappa shape index (κ1) is 22.1. The normalized spacial score (nSPS) is 44.7. The molecule has 1 aromatic heterocycles. The number of fused-ring (bicyclic) bond motifs is 9. The zero-order valence-corrected chi connectivity index (χ0v) is 22.5. The van der Waals surface area contributed by atoms with Crippen molar-refractivity contribution in [3.63, 3.8) is 0 Å². The average molecular weight is 493 g/mol. The fourth-order valence-corrected chi connectivity index (χ4v) is 12.5. The van der Waals surface area contributed by atoms with Crippen LogP contribution in [-0.4, -0.2) is 0 Å². The summed E-state index contributed by atoms with van der Waals surface area (Å²) in [5.74, 6) is 11.6. The maximum atomic E-state index is 6.18. The summed E-state index contributed by atoms with van der Waals surface area (Å²) in [7, 11) is 0. The van der Waals surface area contributed by atoms with Crippen molar-refractivity contribution in [3.8, 4) is 0 Å². The van der Waals surface area contributed by atoms with Crippen LogP contribution in [0.5, 0.6) is 0 Å². The van der Waals surface area contributed by atoms with E-state index >= 15 is 0 Å². The zero-order chi connectivity index (χ0) is 24.1. The highest BCUT2D eigenvalue weighted by Gasteiger charge is 2.62. The van der Waals surface area contributed by atoms with Crippen molar-refractivity contribution >= 4 is 21.9 Å². The molecule has 0 amide bonds. The van der Waals surface area contributed by atoms with Crippen LogP contribution >= 0.6 is 0 Å². The molecule has 1 heteroatoms. The van der Waals surface area contributed by atoms with E-state index in [9.17, 15) is 0 Å². The van der Waals surface area contributed by atoms with E-state index < -0.39 is 0 Å². The van der Waals surface area contributed by atoms with E-state index in [2.05, 4.69) is 42.5 Å². The number of rotatable bonds is 1. The molecule has 0 bridgehead atoms. The minimum absolute atomic E-state index is 0.752. The first-order valence-electron chi connectivity index (χ1n) is 16.3. The molecular weight excluding hydrogens is 448 g/mol. The predicted molar refractivity (Wildman–Crippen MR) is 151 cm³/mol. The Morgan fingerprint density at radius 1 is 0.486 bits per heavy atom. The van der Waals surface area contributed by atoms with Crippen molar-refractivity contribution in [1.82, 2.24) is 0 Å². The fraction of sp³-hybridized carbons (Fsp3) is 0.667. The van der Waals surface area contributed by atoms with Crippen LogP contribution in [0, 0.1) is 59.2 Å². The van der Waals surface area contributed by atoms with Crippen LogP contribution in [0.15, 0.2) is 46.9 Å². The van der Waals surface area contributed by atoms with Crippen LogP contribution in [0.3, 0.4) is 0 Å². The van der Waals surface area contributed by atoms with E-state index in [0.29, 0.717) is 0 Å². The molecule has 6 fully saturated rings. The lowest BCUT2D eigenvalue weighted by molar-refractivity contribution is -0.188. The van der Waals surface area contributed by atoms with Gasteiger partial charge in [-0.3, -0.25) is 0 Å². The Kier molecular flexibility index (Phi) is 5.00. The van der Waals surface area contributed by atoms with E-state index in [1.54, 1.807) is 56.9 Å². The second kappa shape index (κ2) is 8.37. The topological polar surface area (TPSA) is 13.1 Å². The maximum Gasteiger partial charge on any atom is 0.135 e. The predicted octanol–water partition coefficient (Wildman–Crippen LogP) is 9.98. The third kappa shape index (κ3) is 3.15. The van der Waals surface area contributed by atoms with Crippen molar-refractivity contribution in [3.05, 3.63) is 48.0 Å². The Hall–Kier alpha value is -1.76. The summed E-state index contributed by atoms with van der Waals surface area (Å²) in [6, 6.07) is 15.8. The van der Waals surface area contributed by atoms with Gasteiger partial charge in [0.2, 0.25) is 0 Å². The Bertz CT molecular complexity index is 1320. The van der Waals surface area contributed by atoms with E-state index in [4.69, 9.17) is 4.42 Å². The van der Waals surface area contributed by atoms with E-state index in [1.165, 1.54) is 42.9 Å². The van der Waals surface area contributed by atoms with Crippen molar-refractivity contribution in [1.29, 1.82) is 0 Å². The first-order chi connectivity index (χ1) is 18.3. The summed E-state index contributed by atoms with van der Waals surface area (Å²) in [6.45, 7) is 0. The highest BCUT2D eigenvalue weighted by Crippen LogP contribution is 2.69. The van der Waals surface area contributed by atoms with Crippen LogP contribution in [0.25, 0.3) is 21.9 Å². The van der Waals surface area contributed by atoms with E-state index in [-0.39, 0.29) is 0 Å². The van der Waals surface area contributed by atoms with Crippen LogP contribution in [0.1, 0.15) is 95.0 Å². The molecular formula is C36H44O. The van der Waals surface area contributed by atoms with Gasteiger partial charge in [0.15, 0.2) is 0 Å². The lowest BCUT2D eigenvalue weighted by atomic mass is 9.37. The highest BCUT2D eigenvalue weighted by molar-refractivity contribution is 6.05. The van der Waals surface area contributed by atoms with Crippen molar-refractivity contribution in [2.24, 2.45) is 59.2 Å². The molecule has 0 saturated heterocycles. The molecule has 0 radical (unpaired) electrons. The monoisotopic (exact) mass is 492 g/mol. The quantitative estimate of drug-likeness (QED) is 0.329. The molecule has 6 aliphatic carbocycles. The highest BCUT2D eigenvalue weighted by atomic mass is 16.3. The third-order valence-electron chi connectivity index (χ3n) is 13.5. The molecule has 1 heterocycles. The van der Waals surface area contributed by atoms with Gasteiger partial charge in [0.25, 0.3) is 0 Å². The summed E-state index contributed by atoms with van der Waals surface area (Å²) >= 11 is 0. The first-order valence-corrected chi connectivity index (χ1v) is 16.3. The van der Waals surface area contributed by atoms with Gasteiger partial charge in [0, 0.05) is 10.8 Å². The molecule has 2 aromatic carbocycles. The smallest absolute Gasteiger partial charge is 0.135 e. The largest absolute Gasteiger partial charge is 0.456 e. The van der Waals surface area contributed by atoms with Crippen LogP contribution < -0.4 is 0 Å². The standard InChI is InChI=1S/C36H44O/c1-2-8-24-23(7-1)27-10-5-12-29-25-17-15-21(19-31(25)30-13-6-11-28(24)36(30)35(27)29)22-16-18-34-32(20-22)26-9-3-4-14-33(26)37-34/h3-4,9,14,16,18,20-21,23-25,27-31,35-36H,1-2,5-8,10-13,15,17,19H2. The molecule has 1 nitrogen and oxygen atoms in total. The molecule has 9 rings (SSSR count). The number of hydrogen-bond donors (Lipinski definition) is 0. The molecule has 194 valence electrons.